The monoisotopic (exact) mass is 385 g/mol. The predicted octanol–water partition coefficient (Wildman–Crippen LogP) is 1.96. The molecular formula is C15H20ClN5O3S. The third-order valence-electron chi connectivity index (χ3n) is 3.35. The lowest BCUT2D eigenvalue weighted by Gasteiger charge is -2.09. The molecule has 2 amide bonds. The lowest BCUT2D eigenvalue weighted by Crippen LogP contribution is -2.36. The molecule has 0 atom stereocenters. The number of urea groups is 1. The highest BCUT2D eigenvalue weighted by atomic mass is 35.5. The van der Waals surface area contributed by atoms with Gasteiger partial charge in [0.05, 0.1) is 16.3 Å². The third-order valence-corrected chi connectivity index (χ3v) is 5.07. The van der Waals surface area contributed by atoms with Crippen molar-refractivity contribution in [1.29, 1.82) is 0 Å². The Morgan fingerprint density at radius 1 is 1.24 bits per heavy atom. The molecule has 0 aliphatic carbocycles. The van der Waals surface area contributed by atoms with E-state index in [0.29, 0.717) is 22.9 Å². The zero-order chi connectivity index (χ0) is 18.4. The molecule has 0 spiro atoms. The number of nitrogens with zero attached hydrogens (tertiary/aromatic N) is 2. The summed E-state index contributed by atoms with van der Waals surface area (Å²) < 4.78 is 28.3. The molecule has 0 radical (unpaired) electrons. The fourth-order valence-electron chi connectivity index (χ4n) is 2.03. The Morgan fingerprint density at radius 3 is 2.52 bits per heavy atom. The number of aromatic nitrogens is 2. The fourth-order valence-corrected chi connectivity index (χ4v) is 3.19. The Balaban J connectivity index is 1.79. The van der Waals surface area contributed by atoms with E-state index in [1.165, 1.54) is 24.3 Å². The van der Waals surface area contributed by atoms with Crippen LogP contribution < -0.4 is 15.4 Å². The first-order chi connectivity index (χ1) is 11.8. The number of amides is 2. The van der Waals surface area contributed by atoms with E-state index >= 15 is 0 Å². The maximum atomic E-state index is 12.1. The van der Waals surface area contributed by atoms with Crippen LogP contribution in [-0.2, 0) is 16.6 Å². The van der Waals surface area contributed by atoms with Crippen molar-refractivity contribution in [2.24, 2.45) is 0 Å². The number of carbonyl (C=O) groups is 1. The quantitative estimate of drug-likeness (QED) is 0.633. The van der Waals surface area contributed by atoms with Crippen molar-refractivity contribution in [3.05, 3.63) is 41.2 Å². The number of hydrogen-bond acceptors (Lipinski definition) is 4. The Labute approximate surface area is 151 Å². The summed E-state index contributed by atoms with van der Waals surface area (Å²) in [5.41, 5.74) is 1.32. The molecule has 136 valence electrons. The van der Waals surface area contributed by atoms with Crippen LogP contribution in [0.25, 0.3) is 0 Å². The Morgan fingerprint density at radius 2 is 1.92 bits per heavy atom. The van der Waals surface area contributed by atoms with Gasteiger partial charge in [0.25, 0.3) is 0 Å². The van der Waals surface area contributed by atoms with Gasteiger partial charge in [0.1, 0.15) is 0 Å². The van der Waals surface area contributed by atoms with Crippen molar-refractivity contribution < 1.29 is 13.2 Å². The summed E-state index contributed by atoms with van der Waals surface area (Å²) in [6.07, 6.45) is 1.73. The Hall–Kier alpha value is -2.10. The SMILES string of the molecule is CCn1cc(NC(=O)NCCNS(=O)(=O)c2ccc(Cl)cc2)c(C)n1. The van der Waals surface area contributed by atoms with Gasteiger partial charge in [0.2, 0.25) is 10.0 Å². The largest absolute Gasteiger partial charge is 0.337 e. The molecule has 1 aromatic heterocycles. The average molecular weight is 386 g/mol. The number of benzene rings is 1. The first-order valence-corrected chi connectivity index (χ1v) is 9.52. The summed E-state index contributed by atoms with van der Waals surface area (Å²) in [4.78, 5) is 12.0. The third kappa shape index (κ3) is 5.45. The zero-order valence-electron chi connectivity index (χ0n) is 13.9. The molecule has 0 fully saturated rings. The number of halogens is 1. The van der Waals surface area contributed by atoms with Gasteiger partial charge in [-0.1, -0.05) is 11.6 Å². The molecular weight excluding hydrogens is 366 g/mol. The van der Waals surface area contributed by atoms with Crippen molar-refractivity contribution >= 4 is 33.3 Å². The molecule has 0 aliphatic rings. The number of aryl methyl sites for hydroxylation is 2. The van der Waals surface area contributed by atoms with Crippen molar-refractivity contribution in [2.75, 3.05) is 18.4 Å². The first-order valence-electron chi connectivity index (χ1n) is 7.66. The minimum Gasteiger partial charge on any atom is -0.337 e. The molecule has 3 N–H and O–H groups in total. The highest BCUT2D eigenvalue weighted by molar-refractivity contribution is 7.89. The van der Waals surface area contributed by atoms with Crippen molar-refractivity contribution in [3.8, 4) is 0 Å². The second-order valence-electron chi connectivity index (χ2n) is 5.22. The van der Waals surface area contributed by atoms with E-state index in [9.17, 15) is 13.2 Å². The highest BCUT2D eigenvalue weighted by Crippen LogP contribution is 2.13. The summed E-state index contributed by atoms with van der Waals surface area (Å²) in [6.45, 7) is 4.65. The van der Waals surface area contributed by atoms with Gasteiger partial charge in [0.15, 0.2) is 0 Å². The fraction of sp³-hybridized carbons (Fsp3) is 0.333. The normalized spacial score (nSPS) is 11.3. The molecule has 2 aromatic rings. The molecule has 2 rings (SSSR count). The molecule has 8 nitrogen and oxygen atoms in total. The van der Waals surface area contributed by atoms with Gasteiger partial charge in [-0.15, -0.1) is 0 Å². The summed E-state index contributed by atoms with van der Waals surface area (Å²) in [7, 11) is -3.63. The molecule has 10 heteroatoms. The molecule has 0 saturated heterocycles. The van der Waals surface area contributed by atoms with Crippen molar-refractivity contribution in [3.63, 3.8) is 0 Å². The number of rotatable bonds is 7. The minimum atomic E-state index is -3.63. The van der Waals surface area contributed by atoms with Crippen LogP contribution in [0.2, 0.25) is 5.02 Å². The number of hydrogen-bond donors (Lipinski definition) is 3. The van der Waals surface area contributed by atoms with Crippen molar-refractivity contribution in [1.82, 2.24) is 19.8 Å². The van der Waals surface area contributed by atoms with Crippen LogP contribution >= 0.6 is 11.6 Å². The topological polar surface area (TPSA) is 105 Å². The lowest BCUT2D eigenvalue weighted by molar-refractivity contribution is 0.252. The zero-order valence-corrected chi connectivity index (χ0v) is 15.5. The second kappa shape index (κ2) is 8.32. The number of sulfonamides is 1. The van der Waals surface area contributed by atoms with Crippen LogP contribution in [0, 0.1) is 6.92 Å². The smallest absolute Gasteiger partial charge is 0.319 e. The summed E-state index contributed by atoms with van der Waals surface area (Å²) in [5.74, 6) is 0. The maximum Gasteiger partial charge on any atom is 0.319 e. The van der Waals surface area contributed by atoms with E-state index in [-0.39, 0.29) is 18.0 Å². The van der Waals surface area contributed by atoms with Gasteiger partial charge in [-0.3, -0.25) is 4.68 Å². The lowest BCUT2D eigenvalue weighted by atomic mass is 10.4. The highest BCUT2D eigenvalue weighted by Gasteiger charge is 2.13. The summed E-state index contributed by atoms with van der Waals surface area (Å²) >= 11 is 5.74. The van der Waals surface area contributed by atoms with Crippen LogP contribution in [0.3, 0.4) is 0 Å². The van der Waals surface area contributed by atoms with E-state index < -0.39 is 16.1 Å². The van der Waals surface area contributed by atoms with Gasteiger partial charge in [0, 0.05) is 30.9 Å². The molecule has 25 heavy (non-hydrogen) atoms. The summed E-state index contributed by atoms with van der Waals surface area (Å²) in [5, 5.41) is 9.94. The standard InChI is InChI=1S/C15H20ClN5O3S/c1-3-21-10-14(11(2)20-21)19-15(22)17-8-9-18-25(23,24)13-6-4-12(16)5-7-13/h4-7,10,18H,3,8-9H2,1-2H3,(H2,17,19,22). The first kappa shape index (κ1) is 19.2. The molecule has 0 unspecified atom stereocenters. The van der Waals surface area contributed by atoms with Crippen molar-refractivity contribution in [2.45, 2.75) is 25.3 Å². The van der Waals surface area contributed by atoms with Gasteiger partial charge in [-0.25, -0.2) is 17.9 Å². The average Bonchev–Trinajstić information content (AvgIpc) is 2.92. The molecule has 1 aromatic carbocycles. The van der Waals surface area contributed by atoms with Gasteiger partial charge < -0.3 is 10.6 Å². The van der Waals surface area contributed by atoms with Crippen LogP contribution in [0.15, 0.2) is 35.4 Å². The van der Waals surface area contributed by atoms with Gasteiger partial charge in [-0.2, -0.15) is 5.10 Å². The van der Waals surface area contributed by atoms with Gasteiger partial charge >= 0.3 is 6.03 Å². The molecule has 1 heterocycles. The second-order valence-corrected chi connectivity index (χ2v) is 7.42. The predicted molar refractivity (Wildman–Crippen MR) is 96.3 cm³/mol. The maximum absolute atomic E-state index is 12.1. The van der Waals surface area contributed by atoms with E-state index in [2.05, 4.69) is 20.5 Å². The van der Waals surface area contributed by atoms with Gasteiger partial charge in [-0.05, 0) is 38.1 Å². The van der Waals surface area contributed by atoms with Crippen LogP contribution in [0.4, 0.5) is 10.5 Å². The Kier molecular flexibility index (Phi) is 6.40. The molecule has 0 saturated carbocycles. The summed E-state index contributed by atoms with van der Waals surface area (Å²) in [6, 6.07) is 5.41. The molecule has 0 bridgehead atoms. The Bertz CT molecular complexity index is 833. The van der Waals surface area contributed by atoms with E-state index in [1.54, 1.807) is 17.8 Å². The van der Waals surface area contributed by atoms with Crippen LogP contribution in [0.5, 0.6) is 0 Å². The number of anilines is 1. The van der Waals surface area contributed by atoms with E-state index in [1.807, 2.05) is 6.92 Å². The number of nitrogens with one attached hydrogen (secondary N) is 3. The van der Waals surface area contributed by atoms with Crippen LogP contribution in [0.1, 0.15) is 12.6 Å². The van der Waals surface area contributed by atoms with Crippen LogP contribution in [-0.4, -0.2) is 37.3 Å². The molecule has 0 aliphatic heterocycles. The minimum absolute atomic E-state index is 0.0611. The number of carbonyl (C=O) groups excluding carboxylic acids is 1. The van der Waals surface area contributed by atoms with E-state index in [4.69, 9.17) is 11.6 Å². The van der Waals surface area contributed by atoms with E-state index in [0.717, 1.165) is 0 Å².